The number of anilines is 2. The molecule has 1 aliphatic heterocycles. The van der Waals surface area contributed by atoms with Crippen molar-refractivity contribution in [2.75, 3.05) is 36.4 Å². The molecule has 4 heterocycles. The van der Waals surface area contributed by atoms with Crippen LogP contribution < -0.4 is 10.2 Å². The summed E-state index contributed by atoms with van der Waals surface area (Å²) >= 11 is 0. The van der Waals surface area contributed by atoms with Crippen LogP contribution in [0.2, 0.25) is 0 Å². The Balaban J connectivity index is 1.32. The lowest BCUT2D eigenvalue weighted by Gasteiger charge is -2.37. The van der Waals surface area contributed by atoms with Gasteiger partial charge in [0, 0.05) is 68.2 Å². The van der Waals surface area contributed by atoms with Crippen molar-refractivity contribution in [2.24, 2.45) is 7.05 Å². The second-order valence-corrected chi connectivity index (χ2v) is 8.99. The molecular weight excluding hydrogens is 426 g/mol. The molecule has 0 radical (unpaired) electrons. The van der Waals surface area contributed by atoms with Gasteiger partial charge < -0.3 is 14.8 Å². The molecule has 1 aromatic carbocycles. The van der Waals surface area contributed by atoms with Gasteiger partial charge in [0.2, 0.25) is 0 Å². The van der Waals surface area contributed by atoms with Crippen LogP contribution in [0.1, 0.15) is 24.2 Å². The molecule has 0 atom stereocenters. The van der Waals surface area contributed by atoms with Crippen molar-refractivity contribution in [3.05, 3.63) is 66.9 Å². The molecule has 3 aromatic heterocycles. The number of benzene rings is 1. The molecule has 1 amide bonds. The first-order valence-corrected chi connectivity index (χ1v) is 11.6. The van der Waals surface area contributed by atoms with Crippen LogP contribution in [0.25, 0.3) is 22.0 Å². The molecule has 0 unspecified atom stereocenters. The quantitative estimate of drug-likeness (QED) is 0.493. The molecule has 0 bridgehead atoms. The third-order valence-corrected chi connectivity index (χ3v) is 6.45. The first-order chi connectivity index (χ1) is 16.5. The van der Waals surface area contributed by atoms with E-state index in [1.165, 1.54) is 0 Å². The molecule has 1 saturated heterocycles. The van der Waals surface area contributed by atoms with E-state index >= 15 is 0 Å². The van der Waals surface area contributed by atoms with E-state index in [2.05, 4.69) is 56.0 Å². The van der Waals surface area contributed by atoms with Crippen molar-refractivity contribution in [3.63, 3.8) is 0 Å². The molecule has 0 saturated carbocycles. The van der Waals surface area contributed by atoms with Crippen LogP contribution in [0.15, 0.2) is 61.3 Å². The van der Waals surface area contributed by atoms with E-state index in [0.717, 1.165) is 54.0 Å². The number of amides is 1. The summed E-state index contributed by atoms with van der Waals surface area (Å²) in [4.78, 5) is 30.9. The Morgan fingerprint density at radius 2 is 1.79 bits per heavy atom. The number of carbonyl (C=O) groups excluding carboxylic acids is 1. The first-order valence-electron chi connectivity index (χ1n) is 11.6. The highest BCUT2D eigenvalue weighted by Crippen LogP contribution is 2.25. The number of pyridine rings is 2. The topological polar surface area (TPSA) is 79.2 Å². The summed E-state index contributed by atoms with van der Waals surface area (Å²) in [6.45, 7) is 8.25. The van der Waals surface area contributed by atoms with Gasteiger partial charge in [-0.2, -0.15) is 0 Å². The van der Waals surface area contributed by atoms with Crippen molar-refractivity contribution in [2.45, 2.75) is 19.9 Å². The van der Waals surface area contributed by atoms with Gasteiger partial charge >= 0.3 is 0 Å². The van der Waals surface area contributed by atoms with Gasteiger partial charge in [0.15, 0.2) is 0 Å². The minimum atomic E-state index is -0.195. The normalized spacial score (nSPS) is 14.6. The summed E-state index contributed by atoms with van der Waals surface area (Å²) in [6, 6.07) is 12.2. The summed E-state index contributed by atoms with van der Waals surface area (Å²) in [7, 11) is 1.97. The molecule has 1 N–H and O–H groups in total. The number of carbonyl (C=O) groups is 1. The van der Waals surface area contributed by atoms with Gasteiger partial charge in [0.1, 0.15) is 11.6 Å². The van der Waals surface area contributed by atoms with E-state index in [9.17, 15) is 4.79 Å². The summed E-state index contributed by atoms with van der Waals surface area (Å²) in [5.74, 6) is 1.16. The summed E-state index contributed by atoms with van der Waals surface area (Å²) in [6.07, 6.45) is 7.11. The van der Waals surface area contributed by atoms with Gasteiger partial charge in [-0.25, -0.2) is 15.0 Å². The number of aryl methyl sites for hydroxylation is 1. The van der Waals surface area contributed by atoms with Crippen LogP contribution in [-0.2, 0) is 7.05 Å². The summed E-state index contributed by atoms with van der Waals surface area (Å²) < 4.78 is 1.98. The average Bonchev–Trinajstić information content (AvgIpc) is 3.29. The van der Waals surface area contributed by atoms with Crippen LogP contribution in [0.3, 0.4) is 0 Å². The number of piperazine rings is 1. The highest BCUT2D eigenvalue weighted by Gasteiger charge is 2.20. The Morgan fingerprint density at radius 3 is 2.53 bits per heavy atom. The maximum absolute atomic E-state index is 13.0. The van der Waals surface area contributed by atoms with E-state index < -0.39 is 0 Å². The van der Waals surface area contributed by atoms with E-state index in [1.54, 1.807) is 24.8 Å². The number of nitrogens with zero attached hydrogens (tertiary/aromatic N) is 6. The smallest absolute Gasteiger partial charge is 0.257 e. The summed E-state index contributed by atoms with van der Waals surface area (Å²) in [5, 5.41) is 4.96. The van der Waals surface area contributed by atoms with Crippen LogP contribution in [0.4, 0.5) is 11.6 Å². The Hall–Kier alpha value is -3.78. The standard InChI is InChI=1S/C26H29N7O/c1-18(2)32-8-10-33(11-9-32)25-14-20(6-7-28-25)26(34)30-24-13-22-12-19(4-5-21(22)15-29-24)23-16-27-17-31(23)3/h4-7,12-18H,8-11H2,1-3H3,(H,29,30,34). The largest absolute Gasteiger partial charge is 0.354 e. The van der Waals surface area contributed by atoms with Crippen LogP contribution in [0, 0.1) is 0 Å². The van der Waals surface area contributed by atoms with E-state index in [4.69, 9.17) is 0 Å². The number of rotatable bonds is 5. The second kappa shape index (κ2) is 9.23. The Bertz CT molecular complexity index is 1320. The van der Waals surface area contributed by atoms with Gasteiger partial charge in [-0.3, -0.25) is 9.69 Å². The molecular formula is C26H29N7O. The molecule has 174 valence electrons. The van der Waals surface area contributed by atoms with Crippen molar-refractivity contribution < 1.29 is 4.79 Å². The van der Waals surface area contributed by atoms with Crippen molar-refractivity contribution in [1.29, 1.82) is 0 Å². The zero-order valence-electron chi connectivity index (χ0n) is 19.8. The minimum Gasteiger partial charge on any atom is -0.354 e. The number of hydrogen-bond donors (Lipinski definition) is 1. The molecule has 8 nitrogen and oxygen atoms in total. The lowest BCUT2D eigenvalue weighted by molar-refractivity contribution is 0.102. The van der Waals surface area contributed by atoms with Crippen LogP contribution >= 0.6 is 0 Å². The zero-order chi connectivity index (χ0) is 23.7. The zero-order valence-corrected chi connectivity index (χ0v) is 19.8. The second-order valence-electron chi connectivity index (χ2n) is 8.99. The Kier molecular flexibility index (Phi) is 5.98. The van der Waals surface area contributed by atoms with Crippen LogP contribution in [0.5, 0.6) is 0 Å². The molecule has 1 fully saturated rings. The SMILES string of the molecule is CC(C)N1CCN(c2cc(C(=O)Nc3cc4cc(-c5cncn5C)ccc4cn3)ccn2)CC1. The van der Waals surface area contributed by atoms with Gasteiger partial charge in [0.05, 0.1) is 18.2 Å². The monoisotopic (exact) mass is 455 g/mol. The number of aromatic nitrogens is 4. The minimum absolute atomic E-state index is 0.195. The number of hydrogen-bond acceptors (Lipinski definition) is 6. The van der Waals surface area contributed by atoms with Gasteiger partial charge in [-0.1, -0.05) is 12.1 Å². The van der Waals surface area contributed by atoms with Crippen molar-refractivity contribution in [3.8, 4) is 11.3 Å². The Morgan fingerprint density at radius 1 is 0.971 bits per heavy atom. The van der Waals surface area contributed by atoms with Crippen LogP contribution in [-0.4, -0.2) is 62.5 Å². The average molecular weight is 456 g/mol. The third kappa shape index (κ3) is 4.49. The maximum atomic E-state index is 13.0. The fourth-order valence-corrected chi connectivity index (χ4v) is 4.39. The summed E-state index contributed by atoms with van der Waals surface area (Å²) in [5.41, 5.74) is 2.66. The first kappa shape index (κ1) is 22.0. The van der Waals surface area contributed by atoms with Gasteiger partial charge in [-0.05, 0) is 43.5 Å². The number of nitrogens with one attached hydrogen (secondary N) is 1. The van der Waals surface area contributed by atoms with E-state index in [1.807, 2.05) is 36.0 Å². The molecule has 8 heteroatoms. The molecule has 4 aromatic rings. The van der Waals surface area contributed by atoms with E-state index in [0.29, 0.717) is 17.4 Å². The highest BCUT2D eigenvalue weighted by molar-refractivity contribution is 6.05. The Labute approximate surface area is 199 Å². The van der Waals surface area contributed by atoms with E-state index in [-0.39, 0.29) is 5.91 Å². The number of imidazole rings is 1. The molecule has 0 spiro atoms. The lowest BCUT2D eigenvalue weighted by Crippen LogP contribution is -2.49. The molecule has 1 aliphatic rings. The molecule has 0 aliphatic carbocycles. The van der Waals surface area contributed by atoms with Crippen molar-refractivity contribution >= 4 is 28.3 Å². The third-order valence-electron chi connectivity index (χ3n) is 6.45. The van der Waals surface area contributed by atoms with Crippen molar-refractivity contribution in [1.82, 2.24) is 24.4 Å². The number of fused-ring (bicyclic) bond motifs is 1. The molecule has 34 heavy (non-hydrogen) atoms. The lowest BCUT2D eigenvalue weighted by atomic mass is 10.1. The predicted molar refractivity (Wildman–Crippen MR) is 135 cm³/mol. The fourth-order valence-electron chi connectivity index (χ4n) is 4.39. The highest BCUT2D eigenvalue weighted by atomic mass is 16.1. The molecule has 5 rings (SSSR count). The predicted octanol–water partition coefficient (Wildman–Crippen LogP) is 3.81. The maximum Gasteiger partial charge on any atom is 0.257 e. The van der Waals surface area contributed by atoms with Gasteiger partial charge in [0.25, 0.3) is 5.91 Å². The van der Waals surface area contributed by atoms with Gasteiger partial charge in [-0.15, -0.1) is 0 Å². The fraction of sp³-hybridized carbons (Fsp3) is 0.308.